The molecule has 0 spiro atoms. The Balaban J connectivity index is 3.29. The second kappa shape index (κ2) is 6.60. The van der Waals surface area contributed by atoms with Gasteiger partial charge in [0.15, 0.2) is 15.1 Å². The highest BCUT2D eigenvalue weighted by molar-refractivity contribution is 7.92. The van der Waals surface area contributed by atoms with Gasteiger partial charge in [-0.15, -0.1) is 0 Å². The minimum atomic E-state index is -3.80. The Morgan fingerprint density at radius 1 is 1.37 bits per heavy atom. The molecule has 0 aromatic heterocycles. The molecule has 0 saturated heterocycles. The first kappa shape index (κ1) is 16.3. The summed E-state index contributed by atoms with van der Waals surface area (Å²) in [6.07, 6.45) is 1.48. The van der Waals surface area contributed by atoms with Gasteiger partial charge in [-0.3, -0.25) is 0 Å². The van der Waals surface area contributed by atoms with Crippen LogP contribution in [0.25, 0.3) is 0 Å². The molecule has 0 aliphatic carbocycles. The van der Waals surface area contributed by atoms with Crippen molar-refractivity contribution < 1.29 is 8.42 Å². The standard InChI is InChI=1S/C13H15Cl2NO2S/c1-3-4-9(2)13(8-16)19(17,18)12-7-10(14)5-6-11(12)15/h5-7,9,13H,3-4H2,1-2H3. The van der Waals surface area contributed by atoms with E-state index in [9.17, 15) is 13.7 Å². The highest BCUT2D eigenvalue weighted by Crippen LogP contribution is 2.31. The van der Waals surface area contributed by atoms with E-state index in [0.717, 1.165) is 6.42 Å². The van der Waals surface area contributed by atoms with E-state index < -0.39 is 15.1 Å². The van der Waals surface area contributed by atoms with Crippen molar-refractivity contribution >= 4 is 33.0 Å². The predicted octanol–water partition coefficient (Wildman–Crippen LogP) is 4.10. The number of nitriles is 1. The summed E-state index contributed by atoms with van der Waals surface area (Å²) in [6.45, 7) is 3.71. The van der Waals surface area contributed by atoms with Crippen molar-refractivity contribution in [3.05, 3.63) is 28.2 Å². The Morgan fingerprint density at radius 2 is 2.00 bits per heavy atom. The molecule has 19 heavy (non-hydrogen) atoms. The van der Waals surface area contributed by atoms with Gasteiger partial charge in [0, 0.05) is 5.02 Å². The van der Waals surface area contributed by atoms with Crippen LogP contribution in [0, 0.1) is 17.2 Å². The highest BCUT2D eigenvalue weighted by atomic mass is 35.5. The largest absolute Gasteiger partial charge is 0.222 e. The number of hydrogen-bond acceptors (Lipinski definition) is 3. The number of rotatable bonds is 5. The summed E-state index contributed by atoms with van der Waals surface area (Å²) < 4.78 is 25.0. The van der Waals surface area contributed by atoms with Crippen molar-refractivity contribution in [3.8, 4) is 6.07 Å². The van der Waals surface area contributed by atoms with E-state index in [4.69, 9.17) is 23.2 Å². The third-order valence-electron chi connectivity index (χ3n) is 2.92. The summed E-state index contributed by atoms with van der Waals surface area (Å²) in [7, 11) is -3.80. The average molecular weight is 320 g/mol. The first-order chi connectivity index (χ1) is 8.84. The van der Waals surface area contributed by atoms with Gasteiger partial charge in [0.2, 0.25) is 0 Å². The lowest BCUT2D eigenvalue weighted by Crippen LogP contribution is -2.27. The molecule has 0 saturated carbocycles. The highest BCUT2D eigenvalue weighted by Gasteiger charge is 2.33. The molecule has 104 valence electrons. The molecule has 0 aliphatic rings. The van der Waals surface area contributed by atoms with Crippen LogP contribution in [0.15, 0.2) is 23.1 Å². The molecule has 6 heteroatoms. The van der Waals surface area contributed by atoms with Crippen LogP contribution in [0.4, 0.5) is 0 Å². The van der Waals surface area contributed by atoms with Crippen molar-refractivity contribution in [2.45, 2.75) is 36.8 Å². The Bertz CT molecular complexity index is 593. The molecule has 0 aliphatic heterocycles. The number of sulfone groups is 1. The molecule has 1 aromatic rings. The molecule has 2 unspecified atom stereocenters. The summed E-state index contributed by atoms with van der Waals surface area (Å²) >= 11 is 11.7. The van der Waals surface area contributed by atoms with E-state index in [-0.39, 0.29) is 20.9 Å². The third kappa shape index (κ3) is 3.62. The Morgan fingerprint density at radius 3 is 2.53 bits per heavy atom. The van der Waals surface area contributed by atoms with E-state index in [1.165, 1.54) is 18.2 Å². The van der Waals surface area contributed by atoms with E-state index >= 15 is 0 Å². The van der Waals surface area contributed by atoms with Gasteiger partial charge in [-0.25, -0.2) is 8.42 Å². The van der Waals surface area contributed by atoms with Crippen molar-refractivity contribution in [1.29, 1.82) is 5.26 Å². The van der Waals surface area contributed by atoms with Crippen LogP contribution in [0.1, 0.15) is 26.7 Å². The Kier molecular flexibility index (Phi) is 5.66. The van der Waals surface area contributed by atoms with Crippen LogP contribution in [0.3, 0.4) is 0 Å². The fraction of sp³-hybridized carbons (Fsp3) is 0.462. The fourth-order valence-corrected chi connectivity index (χ4v) is 4.41. The Labute approximate surface area is 124 Å². The van der Waals surface area contributed by atoms with Gasteiger partial charge in [-0.05, 0) is 30.5 Å². The van der Waals surface area contributed by atoms with Gasteiger partial charge in [-0.1, -0.05) is 43.5 Å². The molecule has 1 aromatic carbocycles. The molecule has 0 heterocycles. The lowest BCUT2D eigenvalue weighted by Gasteiger charge is -2.18. The van der Waals surface area contributed by atoms with Crippen LogP contribution < -0.4 is 0 Å². The topological polar surface area (TPSA) is 57.9 Å². The first-order valence-electron chi connectivity index (χ1n) is 5.93. The molecular formula is C13H15Cl2NO2S. The van der Waals surface area contributed by atoms with E-state index in [1.54, 1.807) is 6.92 Å². The van der Waals surface area contributed by atoms with Crippen LogP contribution in [-0.4, -0.2) is 13.7 Å². The smallest absolute Gasteiger partial charge is 0.196 e. The zero-order valence-corrected chi connectivity index (χ0v) is 13.1. The number of nitrogens with zero attached hydrogens (tertiary/aromatic N) is 1. The molecule has 0 N–H and O–H groups in total. The normalized spacial score (nSPS) is 14.7. The monoisotopic (exact) mass is 319 g/mol. The van der Waals surface area contributed by atoms with Crippen molar-refractivity contribution in [2.75, 3.05) is 0 Å². The molecule has 0 amide bonds. The molecule has 3 nitrogen and oxygen atoms in total. The SMILES string of the molecule is CCCC(C)C(C#N)S(=O)(=O)c1cc(Cl)ccc1Cl. The summed E-state index contributed by atoms with van der Waals surface area (Å²) in [6, 6.07) is 6.12. The number of halogens is 2. The van der Waals surface area contributed by atoms with Gasteiger partial charge in [0.1, 0.15) is 0 Å². The number of hydrogen-bond donors (Lipinski definition) is 0. The molecule has 0 bridgehead atoms. The second-order valence-corrected chi connectivity index (χ2v) is 7.32. The van der Waals surface area contributed by atoms with Crippen LogP contribution in [0.5, 0.6) is 0 Å². The van der Waals surface area contributed by atoms with E-state index in [2.05, 4.69) is 0 Å². The average Bonchev–Trinajstić information content (AvgIpc) is 2.33. The molecule has 0 radical (unpaired) electrons. The van der Waals surface area contributed by atoms with Gasteiger partial charge in [0.25, 0.3) is 0 Å². The maximum atomic E-state index is 12.5. The minimum absolute atomic E-state index is 0.0730. The lowest BCUT2D eigenvalue weighted by atomic mass is 10.0. The summed E-state index contributed by atoms with van der Waals surface area (Å²) in [5.74, 6) is -0.255. The molecule has 2 atom stereocenters. The predicted molar refractivity (Wildman–Crippen MR) is 77.1 cm³/mol. The summed E-state index contributed by atoms with van der Waals surface area (Å²) in [4.78, 5) is -0.0730. The summed E-state index contributed by atoms with van der Waals surface area (Å²) in [5.41, 5.74) is 0. The molecule has 1 rings (SSSR count). The minimum Gasteiger partial charge on any atom is -0.222 e. The van der Waals surface area contributed by atoms with Crippen molar-refractivity contribution in [2.24, 2.45) is 5.92 Å². The fourth-order valence-electron chi connectivity index (χ4n) is 1.94. The maximum absolute atomic E-state index is 12.5. The zero-order valence-electron chi connectivity index (χ0n) is 10.7. The second-order valence-electron chi connectivity index (χ2n) is 4.44. The van der Waals surface area contributed by atoms with Gasteiger partial charge in [0.05, 0.1) is 16.0 Å². The lowest BCUT2D eigenvalue weighted by molar-refractivity contribution is 0.511. The van der Waals surface area contributed by atoms with E-state index in [1.807, 2.05) is 13.0 Å². The Hall–Kier alpha value is -0.760. The van der Waals surface area contributed by atoms with Crippen LogP contribution in [-0.2, 0) is 9.84 Å². The summed E-state index contributed by atoms with van der Waals surface area (Å²) in [5, 5.41) is 8.44. The van der Waals surface area contributed by atoms with Crippen molar-refractivity contribution in [3.63, 3.8) is 0 Å². The molecule has 0 fully saturated rings. The van der Waals surface area contributed by atoms with E-state index in [0.29, 0.717) is 6.42 Å². The zero-order chi connectivity index (χ0) is 14.6. The van der Waals surface area contributed by atoms with Gasteiger partial charge >= 0.3 is 0 Å². The van der Waals surface area contributed by atoms with Gasteiger partial charge in [-0.2, -0.15) is 5.26 Å². The maximum Gasteiger partial charge on any atom is 0.196 e. The van der Waals surface area contributed by atoms with Gasteiger partial charge < -0.3 is 0 Å². The first-order valence-corrected chi connectivity index (χ1v) is 8.23. The molecular weight excluding hydrogens is 305 g/mol. The number of benzene rings is 1. The quantitative estimate of drug-likeness (QED) is 0.821. The van der Waals surface area contributed by atoms with Crippen molar-refractivity contribution in [1.82, 2.24) is 0 Å². The third-order valence-corrected chi connectivity index (χ3v) is 5.79. The van der Waals surface area contributed by atoms with Crippen LogP contribution >= 0.6 is 23.2 Å². The van der Waals surface area contributed by atoms with Crippen LogP contribution in [0.2, 0.25) is 10.0 Å².